The zero-order chi connectivity index (χ0) is 18.5. The Morgan fingerprint density at radius 1 is 1.15 bits per heavy atom. The second-order valence-electron chi connectivity index (χ2n) is 6.67. The average molecular weight is 422 g/mol. The highest BCUT2D eigenvalue weighted by Gasteiger charge is 2.28. The van der Waals surface area contributed by atoms with Crippen LogP contribution in [0, 0.1) is 0 Å². The smallest absolute Gasteiger partial charge is 0.164 e. The minimum Gasteiger partial charge on any atom is -0.507 e. The van der Waals surface area contributed by atoms with E-state index in [0.29, 0.717) is 27.0 Å². The number of nitrogens with two attached hydrogens (primary N) is 1. The highest BCUT2D eigenvalue weighted by atomic mass is 79.9. The molecule has 7 heteroatoms. The van der Waals surface area contributed by atoms with Gasteiger partial charge < -0.3 is 10.8 Å². The number of phenols is 1. The topological polar surface area (TPSA) is 89.8 Å². The first kappa shape index (κ1) is 16.3. The number of rotatable bonds is 2. The summed E-state index contributed by atoms with van der Waals surface area (Å²) < 4.78 is 2.58. The zero-order valence-corrected chi connectivity index (χ0v) is 15.9. The fourth-order valence-corrected chi connectivity index (χ4v) is 4.11. The van der Waals surface area contributed by atoms with Crippen LogP contribution in [0.5, 0.6) is 5.75 Å². The minimum atomic E-state index is 0.107. The summed E-state index contributed by atoms with van der Waals surface area (Å²) in [5.41, 5.74) is 11.0. The summed E-state index contributed by atoms with van der Waals surface area (Å²) in [7, 11) is 0. The second-order valence-corrected chi connectivity index (χ2v) is 7.52. The molecule has 2 heterocycles. The second kappa shape index (κ2) is 6.06. The first-order valence-corrected chi connectivity index (χ1v) is 9.48. The maximum Gasteiger partial charge on any atom is 0.164 e. The van der Waals surface area contributed by atoms with Crippen LogP contribution in [-0.4, -0.2) is 24.9 Å². The van der Waals surface area contributed by atoms with E-state index in [1.54, 1.807) is 12.1 Å². The molecular formula is C20H16BrN5O. The van der Waals surface area contributed by atoms with Gasteiger partial charge in [-0.15, -0.1) is 0 Å². The van der Waals surface area contributed by atoms with Gasteiger partial charge in [-0.3, -0.25) is 0 Å². The summed E-state index contributed by atoms with van der Waals surface area (Å²) in [6.45, 7) is 0. The van der Waals surface area contributed by atoms with E-state index in [0.717, 1.165) is 18.4 Å². The Morgan fingerprint density at radius 2 is 2.00 bits per heavy atom. The van der Waals surface area contributed by atoms with Crippen molar-refractivity contribution < 1.29 is 5.11 Å². The number of aromatic nitrogens is 4. The number of anilines is 1. The van der Waals surface area contributed by atoms with Gasteiger partial charge in [-0.25, -0.2) is 14.6 Å². The van der Waals surface area contributed by atoms with Gasteiger partial charge in [-0.2, -0.15) is 5.10 Å². The summed E-state index contributed by atoms with van der Waals surface area (Å²) >= 11 is 3.32. The molecule has 0 radical (unpaired) electrons. The SMILES string of the molecule is Nc1ncnc2c1c(-c1ccc(Br)c(O)c1)nn2C1CCc2ccccc21. The third-order valence-corrected chi connectivity index (χ3v) is 5.80. The first-order chi connectivity index (χ1) is 13.1. The van der Waals surface area contributed by atoms with E-state index < -0.39 is 0 Å². The predicted octanol–water partition coefficient (Wildman–Crippen LogP) is 4.08. The van der Waals surface area contributed by atoms with E-state index in [1.165, 1.54) is 17.5 Å². The van der Waals surface area contributed by atoms with E-state index in [-0.39, 0.29) is 11.8 Å². The van der Waals surface area contributed by atoms with E-state index in [2.05, 4.69) is 50.2 Å². The molecule has 27 heavy (non-hydrogen) atoms. The third-order valence-electron chi connectivity index (χ3n) is 5.13. The van der Waals surface area contributed by atoms with Crippen molar-refractivity contribution in [3.8, 4) is 17.0 Å². The highest BCUT2D eigenvalue weighted by molar-refractivity contribution is 9.10. The van der Waals surface area contributed by atoms with E-state index in [9.17, 15) is 5.11 Å². The molecule has 4 aromatic rings. The molecule has 3 N–H and O–H groups in total. The first-order valence-electron chi connectivity index (χ1n) is 8.69. The molecule has 6 nitrogen and oxygen atoms in total. The molecule has 1 aliphatic carbocycles. The Labute approximate surface area is 163 Å². The van der Waals surface area contributed by atoms with E-state index in [4.69, 9.17) is 10.8 Å². The Hall–Kier alpha value is -2.93. The molecule has 0 saturated heterocycles. The van der Waals surface area contributed by atoms with Crippen LogP contribution in [-0.2, 0) is 6.42 Å². The number of hydrogen-bond donors (Lipinski definition) is 2. The van der Waals surface area contributed by atoms with Crippen molar-refractivity contribution in [2.24, 2.45) is 0 Å². The molecule has 134 valence electrons. The van der Waals surface area contributed by atoms with Gasteiger partial charge in [0.1, 0.15) is 23.6 Å². The molecule has 0 amide bonds. The lowest BCUT2D eigenvalue weighted by molar-refractivity contribution is 0.472. The van der Waals surface area contributed by atoms with E-state index in [1.807, 2.05) is 10.7 Å². The molecule has 1 unspecified atom stereocenters. The molecule has 1 aliphatic rings. The Kier molecular flexibility index (Phi) is 3.65. The van der Waals surface area contributed by atoms with Gasteiger partial charge in [0.2, 0.25) is 0 Å². The van der Waals surface area contributed by atoms with Crippen LogP contribution in [0.1, 0.15) is 23.6 Å². The summed E-state index contributed by atoms with van der Waals surface area (Å²) in [5, 5.41) is 15.7. The maximum atomic E-state index is 10.1. The normalized spacial score (nSPS) is 16.0. The van der Waals surface area contributed by atoms with Crippen molar-refractivity contribution in [3.05, 3.63) is 64.4 Å². The number of nitrogens with zero attached hydrogens (tertiary/aromatic N) is 4. The lowest BCUT2D eigenvalue weighted by Gasteiger charge is -2.13. The molecule has 0 spiro atoms. The highest BCUT2D eigenvalue weighted by Crippen LogP contribution is 2.39. The number of hydrogen-bond acceptors (Lipinski definition) is 5. The zero-order valence-electron chi connectivity index (χ0n) is 14.3. The standard InChI is InChI=1S/C20H16BrN5O/c21-14-7-5-12(9-16(14)27)18-17-19(22)23-10-24-20(17)26(25-18)15-8-6-11-3-1-2-4-13(11)15/h1-5,7,9-10,15,27H,6,8H2,(H2,22,23,24). The quantitative estimate of drug-likeness (QED) is 0.508. The van der Waals surface area contributed by atoms with Crippen molar-refractivity contribution in [2.75, 3.05) is 5.73 Å². The number of phenolic OH excluding ortho intramolecular Hbond substituents is 1. The monoisotopic (exact) mass is 421 g/mol. The summed E-state index contributed by atoms with van der Waals surface area (Å²) in [5.74, 6) is 0.534. The van der Waals surface area contributed by atoms with Gasteiger partial charge in [0.15, 0.2) is 5.65 Å². The van der Waals surface area contributed by atoms with Crippen molar-refractivity contribution in [2.45, 2.75) is 18.9 Å². The number of aromatic hydroxyl groups is 1. The van der Waals surface area contributed by atoms with Crippen LogP contribution in [0.15, 0.2) is 53.3 Å². The number of aryl methyl sites for hydroxylation is 1. The van der Waals surface area contributed by atoms with Gasteiger partial charge >= 0.3 is 0 Å². The van der Waals surface area contributed by atoms with Gasteiger partial charge in [0.25, 0.3) is 0 Å². The molecule has 5 rings (SSSR count). The molecule has 0 saturated carbocycles. The number of benzene rings is 2. The van der Waals surface area contributed by atoms with Crippen molar-refractivity contribution >= 4 is 32.8 Å². The lowest BCUT2D eigenvalue weighted by atomic mass is 10.1. The molecule has 2 aromatic carbocycles. The number of fused-ring (bicyclic) bond motifs is 2. The minimum absolute atomic E-state index is 0.107. The van der Waals surface area contributed by atoms with Crippen molar-refractivity contribution in [1.82, 2.24) is 19.7 Å². The van der Waals surface area contributed by atoms with Crippen LogP contribution in [0.2, 0.25) is 0 Å². The van der Waals surface area contributed by atoms with Gasteiger partial charge in [0.05, 0.1) is 15.9 Å². The third kappa shape index (κ3) is 2.49. The predicted molar refractivity (Wildman–Crippen MR) is 107 cm³/mol. The lowest BCUT2D eigenvalue weighted by Crippen LogP contribution is -2.10. The summed E-state index contributed by atoms with van der Waals surface area (Å²) in [4.78, 5) is 8.64. The van der Waals surface area contributed by atoms with Crippen LogP contribution in [0.25, 0.3) is 22.3 Å². The fourth-order valence-electron chi connectivity index (χ4n) is 3.86. The maximum absolute atomic E-state index is 10.1. The molecule has 0 fully saturated rings. The molecule has 1 atom stereocenters. The van der Waals surface area contributed by atoms with Crippen LogP contribution < -0.4 is 5.73 Å². The van der Waals surface area contributed by atoms with Crippen LogP contribution in [0.3, 0.4) is 0 Å². The molecule has 0 aliphatic heterocycles. The molecule has 2 aromatic heterocycles. The summed E-state index contributed by atoms with van der Waals surface area (Å²) in [6, 6.07) is 13.9. The average Bonchev–Trinajstić information content (AvgIpc) is 3.26. The summed E-state index contributed by atoms with van der Waals surface area (Å²) in [6.07, 6.45) is 3.45. The van der Waals surface area contributed by atoms with E-state index >= 15 is 0 Å². The number of nitrogen functional groups attached to an aromatic ring is 1. The molecular weight excluding hydrogens is 406 g/mol. The van der Waals surface area contributed by atoms with Crippen LogP contribution >= 0.6 is 15.9 Å². The fraction of sp³-hybridized carbons (Fsp3) is 0.150. The van der Waals surface area contributed by atoms with Gasteiger partial charge in [0, 0.05) is 5.56 Å². The van der Waals surface area contributed by atoms with Crippen molar-refractivity contribution in [3.63, 3.8) is 0 Å². The van der Waals surface area contributed by atoms with Gasteiger partial charge in [-0.1, -0.05) is 30.3 Å². The van der Waals surface area contributed by atoms with Crippen molar-refractivity contribution in [1.29, 1.82) is 0 Å². The Morgan fingerprint density at radius 3 is 2.85 bits per heavy atom. The van der Waals surface area contributed by atoms with Gasteiger partial charge in [-0.05, 0) is 52.0 Å². The Bertz CT molecular complexity index is 1190. The largest absolute Gasteiger partial charge is 0.507 e. The number of halogens is 1. The molecule has 0 bridgehead atoms. The Balaban J connectivity index is 1.76. The van der Waals surface area contributed by atoms with Crippen LogP contribution in [0.4, 0.5) is 5.82 Å².